The van der Waals surface area contributed by atoms with E-state index in [0.717, 1.165) is 12.1 Å². The Morgan fingerprint density at radius 2 is 2.00 bits per heavy atom. The van der Waals surface area contributed by atoms with Crippen LogP contribution in [0.5, 0.6) is 0 Å². The lowest BCUT2D eigenvalue weighted by atomic mass is 10.9. The number of rotatable bonds is 3. The molecule has 0 heterocycles. The molecule has 3 nitrogen and oxygen atoms in total. The Morgan fingerprint density at radius 3 is 2.11 bits per heavy atom. The van der Waals surface area contributed by atoms with Crippen molar-refractivity contribution in [2.75, 3.05) is 14.1 Å². The highest BCUT2D eigenvalue weighted by molar-refractivity contribution is 5.22. The molecule has 0 radical (unpaired) electrons. The molecule has 0 saturated carbocycles. The van der Waals surface area contributed by atoms with Crippen LogP contribution < -0.4 is 0 Å². The van der Waals surface area contributed by atoms with E-state index in [1.54, 1.807) is 0 Å². The predicted octanol–water partition coefficient (Wildman–Crippen LogP) is 0.603. The quantitative estimate of drug-likeness (QED) is 0.186. The van der Waals surface area contributed by atoms with Crippen LogP contribution in [0.4, 0.5) is 8.87 Å². The SMILES string of the molecule is C=NN(C)C(F)N(C)F. The summed E-state index contributed by atoms with van der Waals surface area (Å²) in [5.74, 6) is 0. The van der Waals surface area contributed by atoms with Gasteiger partial charge in [-0.2, -0.15) is 5.10 Å². The van der Waals surface area contributed by atoms with E-state index in [4.69, 9.17) is 0 Å². The first-order valence-electron chi connectivity index (χ1n) is 2.31. The summed E-state index contributed by atoms with van der Waals surface area (Å²) in [4.78, 5) is 0. The Balaban J connectivity index is 3.71. The Morgan fingerprint density at radius 1 is 1.56 bits per heavy atom. The van der Waals surface area contributed by atoms with E-state index in [0.29, 0.717) is 0 Å². The molecule has 0 aliphatic rings. The van der Waals surface area contributed by atoms with E-state index < -0.39 is 6.42 Å². The zero-order valence-corrected chi connectivity index (χ0v) is 5.38. The molecule has 0 aromatic rings. The van der Waals surface area contributed by atoms with Crippen molar-refractivity contribution in [2.45, 2.75) is 6.42 Å². The van der Waals surface area contributed by atoms with Crippen molar-refractivity contribution in [1.29, 1.82) is 0 Å². The largest absolute Gasteiger partial charge is 0.269 e. The summed E-state index contributed by atoms with van der Waals surface area (Å²) in [7, 11) is 2.25. The Bertz CT molecular complexity index is 95.8. The molecule has 0 fully saturated rings. The fraction of sp³-hybridized carbons (Fsp3) is 0.750. The van der Waals surface area contributed by atoms with E-state index in [-0.39, 0.29) is 5.12 Å². The maximum atomic E-state index is 12.3. The smallest absolute Gasteiger partial charge is 0.253 e. The Labute approximate surface area is 52.5 Å². The van der Waals surface area contributed by atoms with Gasteiger partial charge in [-0.1, -0.05) is 5.12 Å². The average Bonchev–Trinajstić information content (AvgIpc) is 1.84. The van der Waals surface area contributed by atoms with Crippen LogP contribution in [0.15, 0.2) is 5.10 Å². The molecule has 0 saturated heterocycles. The molecule has 54 valence electrons. The van der Waals surface area contributed by atoms with E-state index in [9.17, 15) is 8.87 Å². The van der Waals surface area contributed by atoms with Crippen LogP contribution in [0.1, 0.15) is 0 Å². The number of halogens is 2. The van der Waals surface area contributed by atoms with Crippen molar-refractivity contribution in [3.8, 4) is 0 Å². The fourth-order valence-electron chi connectivity index (χ4n) is 0.298. The van der Waals surface area contributed by atoms with Crippen LogP contribution in [-0.2, 0) is 0 Å². The van der Waals surface area contributed by atoms with E-state index in [1.165, 1.54) is 7.05 Å². The number of hydrazone groups is 1. The predicted molar refractivity (Wildman–Crippen MR) is 31.1 cm³/mol. The third-order valence-corrected chi connectivity index (χ3v) is 0.825. The van der Waals surface area contributed by atoms with Crippen LogP contribution in [0.2, 0.25) is 0 Å². The third-order valence-electron chi connectivity index (χ3n) is 0.825. The van der Waals surface area contributed by atoms with E-state index in [1.807, 2.05) is 0 Å². The molecule has 0 N–H and O–H groups in total. The van der Waals surface area contributed by atoms with Crippen LogP contribution in [-0.4, -0.2) is 37.4 Å². The molecule has 1 unspecified atom stereocenters. The molecule has 0 aliphatic carbocycles. The molecule has 0 amide bonds. The van der Waals surface area contributed by atoms with Crippen molar-refractivity contribution in [3.63, 3.8) is 0 Å². The molecular weight excluding hydrogens is 128 g/mol. The molecule has 1 atom stereocenters. The summed E-state index contributed by atoms with van der Waals surface area (Å²) < 4.78 is 24.1. The fourth-order valence-corrected chi connectivity index (χ4v) is 0.298. The first kappa shape index (κ1) is 8.29. The van der Waals surface area contributed by atoms with Gasteiger partial charge in [0.15, 0.2) is 0 Å². The molecule has 0 spiro atoms. The zero-order valence-electron chi connectivity index (χ0n) is 5.38. The van der Waals surface area contributed by atoms with Crippen LogP contribution in [0, 0.1) is 0 Å². The van der Waals surface area contributed by atoms with Gasteiger partial charge >= 0.3 is 0 Å². The normalized spacial score (nSPS) is 13.4. The average molecular weight is 137 g/mol. The number of alkyl halides is 1. The molecule has 5 heteroatoms. The highest BCUT2D eigenvalue weighted by atomic mass is 19.2. The van der Waals surface area contributed by atoms with Crippen molar-refractivity contribution >= 4 is 6.72 Å². The lowest BCUT2D eigenvalue weighted by Gasteiger charge is -2.19. The minimum absolute atomic E-state index is 0.103. The van der Waals surface area contributed by atoms with Crippen LogP contribution >= 0.6 is 0 Å². The number of nitrogens with zero attached hydrogens (tertiary/aromatic N) is 3. The van der Waals surface area contributed by atoms with Gasteiger partial charge in [0.1, 0.15) is 0 Å². The molecule has 0 aromatic carbocycles. The maximum Gasteiger partial charge on any atom is 0.269 e. The summed E-state index contributed by atoms with van der Waals surface area (Å²) in [5, 5.41) is 3.80. The van der Waals surface area contributed by atoms with Crippen molar-refractivity contribution < 1.29 is 8.87 Å². The molecular formula is C4H9F2N3. The molecule has 0 aromatic heterocycles. The van der Waals surface area contributed by atoms with Gasteiger partial charge in [0, 0.05) is 20.8 Å². The zero-order chi connectivity index (χ0) is 7.44. The standard InChI is InChI=1S/C4H9F2N3/c1-7-9(3)4(5)8(2)6/h4H,1H2,2-3H3. The molecule has 0 bridgehead atoms. The van der Waals surface area contributed by atoms with Crippen molar-refractivity contribution in [1.82, 2.24) is 10.1 Å². The summed E-state index contributed by atoms with van der Waals surface area (Å²) in [5.41, 5.74) is 0. The minimum atomic E-state index is -1.84. The molecule has 9 heavy (non-hydrogen) atoms. The summed E-state index contributed by atoms with van der Waals surface area (Å²) in [6.45, 7) is 3.01. The van der Waals surface area contributed by atoms with Gasteiger partial charge in [0.05, 0.1) is 0 Å². The Kier molecular flexibility index (Phi) is 3.08. The van der Waals surface area contributed by atoms with Crippen LogP contribution in [0.25, 0.3) is 0 Å². The van der Waals surface area contributed by atoms with E-state index in [2.05, 4.69) is 11.8 Å². The molecule has 0 aliphatic heterocycles. The second-order valence-corrected chi connectivity index (χ2v) is 1.55. The van der Waals surface area contributed by atoms with Gasteiger partial charge in [-0.15, -0.1) is 4.48 Å². The van der Waals surface area contributed by atoms with Crippen molar-refractivity contribution in [2.24, 2.45) is 5.10 Å². The summed E-state index contributed by atoms with van der Waals surface area (Å²) >= 11 is 0. The number of hydrogen-bond acceptors (Lipinski definition) is 3. The van der Waals surface area contributed by atoms with Gasteiger partial charge in [-0.3, -0.25) is 5.01 Å². The maximum absolute atomic E-state index is 12.3. The van der Waals surface area contributed by atoms with Gasteiger partial charge in [0.2, 0.25) is 0 Å². The third kappa shape index (κ3) is 2.36. The van der Waals surface area contributed by atoms with Gasteiger partial charge < -0.3 is 0 Å². The van der Waals surface area contributed by atoms with Gasteiger partial charge in [-0.05, 0) is 0 Å². The highest BCUT2D eigenvalue weighted by Gasteiger charge is 2.15. The first-order valence-corrected chi connectivity index (χ1v) is 2.31. The first-order chi connectivity index (χ1) is 4.09. The lowest BCUT2D eigenvalue weighted by Crippen LogP contribution is -2.33. The van der Waals surface area contributed by atoms with Gasteiger partial charge in [-0.25, -0.2) is 4.39 Å². The Hall–Kier alpha value is -0.710. The lowest BCUT2D eigenvalue weighted by molar-refractivity contribution is -0.128. The van der Waals surface area contributed by atoms with E-state index >= 15 is 0 Å². The minimum Gasteiger partial charge on any atom is -0.253 e. The second-order valence-electron chi connectivity index (χ2n) is 1.55. The van der Waals surface area contributed by atoms with Crippen molar-refractivity contribution in [3.05, 3.63) is 0 Å². The van der Waals surface area contributed by atoms with Gasteiger partial charge in [0.25, 0.3) is 6.42 Å². The highest BCUT2D eigenvalue weighted by Crippen LogP contribution is 2.02. The molecule has 0 rings (SSSR count). The number of hydrogen-bond donors (Lipinski definition) is 0. The monoisotopic (exact) mass is 137 g/mol. The second kappa shape index (κ2) is 3.34. The van der Waals surface area contributed by atoms with Crippen LogP contribution in [0.3, 0.4) is 0 Å². The summed E-state index contributed by atoms with van der Waals surface area (Å²) in [6, 6.07) is 0. The topological polar surface area (TPSA) is 18.8 Å². The summed E-state index contributed by atoms with van der Waals surface area (Å²) in [6.07, 6.45) is -1.84.